The number of fused-ring (bicyclic) bond motifs is 1. The van der Waals surface area contributed by atoms with Crippen LogP contribution in [0.4, 0.5) is 10.5 Å². The number of nitrogens with one attached hydrogen (secondary N) is 2. The van der Waals surface area contributed by atoms with Crippen LogP contribution < -0.4 is 10.6 Å². The highest BCUT2D eigenvalue weighted by molar-refractivity contribution is 5.93. The third kappa shape index (κ3) is 3.47. The Morgan fingerprint density at radius 3 is 2.55 bits per heavy atom. The zero-order chi connectivity index (χ0) is 14.5. The Morgan fingerprint density at radius 1 is 1.15 bits per heavy atom. The maximum absolute atomic E-state index is 11.7. The van der Waals surface area contributed by atoms with Crippen molar-refractivity contribution in [3.63, 3.8) is 0 Å². The molecule has 0 aliphatic heterocycles. The first-order valence-corrected chi connectivity index (χ1v) is 6.33. The average molecular weight is 272 g/mol. The number of carbonyl (C=O) groups is 2. The summed E-state index contributed by atoms with van der Waals surface area (Å²) in [6, 6.07) is 13.0. The van der Waals surface area contributed by atoms with Gasteiger partial charge in [-0.3, -0.25) is 4.79 Å². The fourth-order valence-corrected chi connectivity index (χ4v) is 1.78. The van der Waals surface area contributed by atoms with Gasteiger partial charge in [-0.2, -0.15) is 0 Å². The minimum Gasteiger partial charge on any atom is -0.481 e. The van der Waals surface area contributed by atoms with Crippen LogP contribution in [-0.2, 0) is 4.79 Å². The van der Waals surface area contributed by atoms with Crippen LogP contribution in [0.5, 0.6) is 0 Å². The summed E-state index contributed by atoms with van der Waals surface area (Å²) in [6.07, 6.45) is 0. The molecule has 1 unspecified atom stereocenters. The van der Waals surface area contributed by atoms with E-state index in [1.807, 2.05) is 42.5 Å². The molecule has 0 saturated carbocycles. The average Bonchev–Trinajstić information content (AvgIpc) is 2.44. The molecule has 2 amide bonds. The number of carboxylic acids is 1. The Hall–Kier alpha value is -2.56. The molecule has 5 nitrogen and oxygen atoms in total. The number of aliphatic carboxylic acids is 1. The Labute approximate surface area is 116 Å². The van der Waals surface area contributed by atoms with E-state index in [2.05, 4.69) is 10.6 Å². The summed E-state index contributed by atoms with van der Waals surface area (Å²) in [5.74, 6) is -1.55. The molecule has 1 atom stereocenters. The molecule has 5 heteroatoms. The van der Waals surface area contributed by atoms with Crippen molar-refractivity contribution in [2.75, 3.05) is 11.9 Å². The number of carbonyl (C=O) groups excluding carboxylic acids is 1. The molecule has 2 aromatic rings. The highest BCUT2D eigenvalue weighted by Crippen LogP contribution is 2.18. The van der Waals surface area contributed by atoms with E-state index in [0.717, 1.165) is 10.8 Å². The Balaban J connectivity index is 1.97. The molecular weight excluding hydrogens is 256 g/mol. The van der Waals surface area contributed by atoms with Gasteiger partial charge in [0.1, 0.15) is 0 Å². The summed E-state index contributed by atoms with van der Waals surface area (Å²) in [4.78, 5) is 22.3. The summed E-state index contributed by atoms with van der Waals surface area (Å²) in [5, 5.41) is 16.1. The summed E-state index contributed by atoms with van der Waals surface area (Å²) >= 11 is 0. The van der Waals surface area contributed by atoms with E-state index < -0.39 is 17.9 Å². The van der Waals surface area contributed by atoms with E-state index in [-0.39, 0.29) is 6.54 Å². The van der Waals surface area contributed by atoms with E-state index in [1.54, 1.807) is 6.92 Å². The fourth-order valence-electron chi connectivity index (χ4n) is 1.78. The van der Waals surface area contributed by atoms with Crippen LogP contribution in [0.15, 0.2) is 42.5 Å². The monoisotopic (exact) mass is 272 g/mol. The highest BCUT2D eigenvalue weighted by Gasteiger charge is 2.12. The van der Waals surface area contributed by atoms with Gasteiger partial charge in [0.05, 0.1) is 5.92 Å². The number of amides is 2. The van der Waals surface area contributed by atoms with Crippen molar-refractivity contribution in [1.82, 2.24) is 5.32 Å². The van der Waals surface area contributed by atoms with Gasteiger partial charge in [0, 0.05) is 12.2 Å². The van der Waals surface area contributed by atoms with Crippen LogP contribution in [0, 0.1) is 5.92 Å². The van der Waals surface area contributed by atoms with Gasteiger partial charge < -0.3 is 15.7 Å². The number of benzene rings is 2. The van der Waals surface area contributed by atoms with Crippen LogP contribution in [0.1, 0.15) is 6.92 Å². The molecule has 0 spiro atoms. The number of carboxylic acid groups (broad SMARTS) is 1. The Bertz CT molecular complexity index is 640. The Morgan fingerprint density at radius 2 is 1.85 bits per heavy atom. The molecule has 0 aliphatic carbocycles. The van der Waals surface area contributed by atoms with Crippen LogP contribution in [-0.4, -0.2) is 23.7 Å². The van der Waals surface area contributed by atoms with Gasteiger partial charge in [0.25, 0.3) is 0 Å². The first-order valence-electron chi connectivity index (χ1n) is 6.33. The van der Waals surface area contributed by atoms with Crippen molar-refractivity contribution in [1.29, 1.82) is 0 Å². The molecule has 104 valence electrons. The lowest BCUT2D eigenvalue weighted by atomic mass is 10.1. The number of rotatable bonds is 4. The van der Waals surface area contributed by atoms with Crippen molar-refractivity contribution >= 4 is 28.5 Å². The van der Waals surface area contributed by atoms with Crippen molar-refractivity contribution in [3.8, 4) is 0 Å². The predicted octanol–water partition coefficient (Wildman–Crippen LogP) is 2.68. The maximum Gasteiger partial charge on any atom is 0.319 e. The maximum atomic E-state index is 11.7. The van der Waals surface area contributed by atoms with Crippen LogP contribution in [0.2, 0.25) is 0 Å². The van der Waals surface area contributed by atoms with Gasteiger partial charge in [-0.25, -0.2) is 4.79 Å². The number of hydrogen-bond donors (Lipinski definition) is 3. The fraction of sp³-hybridized carbons (Fsp3) is 0.200. The largest absolute Gasteiger partial charge is 0.481 e. The normalized spacial score (nSPS) is 11.8. The second-order valence-electron chi connectivity index (χ2n) is 4.64. The van der Waals surface area contributed by atoms with Crippen LogP contribution in [0.3, 0.4) is 0 Å². The van der Waals surface area contributed by atoms with Gasteiger partial charge in [0.15, 0.2) is 0 Å². The smallest absolute Gasteiger partial charge is 0.319 e. The zero-order valence-electron chi connectivity index (χ0n) is 11.1. The third-order valence-electron chi connectivity index (χ3n) is 3.00. The molecule has 0 aromatic heterocycles. The minimum atomic E-state index is -0.934. The van der Waals surface area contributed by atoms with Gasteiger partial charge in [-0.05, 0) is 22.9 Å². The SMILES string of the molecule is CC(CNC(=O)Nc1ccc2ccccc2c1)C(=O)O. The molecular formula is C15H16N2O3. The van der Waals surface area contributed by atoms with E-state index in [4.69, 9.17) is 5.11 Å². The van der Waals surface area contributed by atoms with Crippen molar-refractivity contribution < 1.29 is 14.7 Å². The first kappa shape index (κ1) is 13.9. The van der Waals surface area contributed by atoms with E-state index in [0.29, 0.717) is 5.69 Å². The quantitative estimate of drug-likeness (QED) is 0.800. The van der Waals surface area contributed by atoms with Gasteiger partial charge in [-0.1, -0.05) is 37.3 Å². The van der Waals surface area contributed by atoms with Gasteiger partial charge in [-0.15, -0.1) is 0 Å². The summed E-state index contributed by atoms with van der Waals surface area (Å²) in [7, 11) is 0. The molecule has 2 rings (SSSR count). The van der Waals surface area contributed by atoms with Crippen LogP contribution in [0.25, 0.3) is 10.8 Å². The number of hydrogen-bond acceptors (Lipinski definition) is 2. The number of urea groups is 1. The van der Waals surface area contributed by atoms with E-state index >= 15 is 0 Å². The summed E-state index contributed by atoms with van der Waals surface area (Å²) in [5.41, 5.74) is 0.671. The van der Waals surface area contributed by atoms with Crippen molar-refractivity contribution in [2.24, 2.45) is 5.92 Å². The summed E-state index contributed by atoms with van der Waals surface area (Å²) in [6.45, 7) is 1.63. The van der Waals surface area contributed by atoms with Gasteiger partial charge >= 0.3 is 12.0 Å². The Kier molecular flexibility index (Phi) is 4.20. The lowest BCUT2D eigenvalue weighted by Gasteiger charge is -2.10. The zero-order valence-corrected chi connectivity index (χ0v) is 11.1. The molecule has 2 aromatic carbocycles. The molecule has 0 radical (unpaired) electrons. The molecule has 20 heavy (non-hydrogen) atoms. The second-order valence-corrected chi connectivity index (χ2v) is 4.64. The highest BCUT2D eigenvalue weighted by atomic mass is 16.4. The van der Waals surface area contributed by atoms with E-state index in [1.165, 1.54) is 0 Å². The molecule has 0 saturated heterocycles. The molecule has 0 fully saturated rings. The minimum absolute atomic E-state index is 0.0920. The van der Waals surface area contributed by atoms with E-state index in [9.17, 15) is 9.59 Å². The molecule has 0 bridgehead atoms. The van der Waals surface area contributed by atoms with Gasteiger partial charge in [0.2, 0.25) is 0 Å². The first-order chi connectivity index (χ1) is 9.56. The standard InChI is InChI=1S/C15H16N2O3/c1-10(14(18)19)9-16-15(20)17-13-7-6-11-4-2-3-5-12(11)8-13/h2-8,10H,9H2,1H3,(H,18,19)(H2,16,17,20). The lowest BCUT2D eigenvalue weighted by Crippen LogP contribution is -2.34. The lowest BCUT2D eigenvalue weighted by molar-refractivity contribution is -0.140. The topological polar surface area (TPSA) is 78.4 Å². The third-order valence-corrected chi connectivity index (χ3v) is 3.00. The van der Waals surface area contributed by atoms with Crippen molar-refractivity contribution in [3.05, 3.63) is 42.5 Å². The second kappa shape index (κ2) is 6.06. The van der Waals surface area contributed by atoms with Crippen LogP contribution >= 0.6 is 0 Å². The molecule has 0 aliphatic rings. The van der Waals surface area contributed by atoms with Crippen molar-refractivity contribution in [2.45, 2.75) is 6.92 Å². The molecule has 0 heterocycles. The molecule has 3 N–H and O–H groups in total. The number of anilines is 1. The summed E-state index contributed by atoms with van der Waals surface area (Å²) < 4.78 is 0. The predicted molar refractivity (Wildman–Crippen MR) is 77.8 cm³/mol.